The van der Waals surface area contributed by atoms with E-state index in [9.17, 15) is 4.39 Å². The first kappa shape index (κ1) is 12.1. The summed E-state index contributed by atoms with van der Waals surface area (Å²) in [6.45, 7) is 1.91. The quantitative estimate of drug-likeness (QED) is 0.850. The predicted molar refractivity (Wildman–Crippen MR) is 69.4 cm³/mol. The van der Waals surface area contributed by atoms with Gasteiger partial charge in [-0.3, -0.25) is 0 Å². The van der Waals surface area contributed by atoms with E-state index in [0.29, 0.717) is 5.02 Å². The highest BCUT2D eigenvalue weighted by molar-refractivity contribution is 6.33. The van der Waals surface area contributed by atoms with Crippen molar-refractivity contribution in [2.24, 2.45) is 5.73 Å². The summed E-state index contributed by atoms with van der Waals surface area (Å²) < 4.78 is 12.9. The van der Waals surface area contributed by atoms with Gasteiger partial charge in [-0.2, -0.15) is 0 Å². The number of nitrogens with two attached hydrogens (primary N) is 1. The second-order valence-electron chi connectivity index (χ2n) is 4.03. The minimum Gasteiger partial charge on any atom is -0.324 e. The first-order chi connectivity index (χ1) is 8.08. The molecule has 2 N–H and O–H groups in total. The smallest absolute Gasteiger partial charge is 0.123 e. The van der Waals surface area contributed by atoms with Gasteiger partial charge in [0.15, 0.2) is 0 Å². The highest BCUT2D eigenvalue weighted by Gasteiger charge is 2.07. The van der Waals surface area contributed by atoms with Gasteiger partial charge >= 0.3 is 0 Å². The lowest BCUT2D eigenvalue weighted by Gasteiger charge is -2.10. The van der Waals surface area contributed by atoms with Crippen molar-refractivity contribution in [3.05, 3.63) is 58.9 Å². The van der Waals surface area contributed by atoms with Gasteiger partial charge in [-0.25, -0.2) is 4.39 Å². The zero-order valence-corrected chi connectivity index (χ0v) is 10.2. The van der Waals surface area contributed by atoms with Crippen LogP contribution in [0.3, 0.4) is 0 Å². The van der Waals surface area contributed by atoms with Gasteiger partial charge in [-0.1, -0.05) is 29.8 Å². The van der Waals surface area contributed by atoms with Crippen molar-refractivity contribution in [3.63, 3.8) is 0 Å². The molecule has 2 rings (SSSR count). The highest BCUT2D eigenvalue weighted by Crippen LogP contribution is 2.30. The molecular weight excluding hydrogens is 237 g/mol. The number of hydrogen-bond acceptors (Lipinski definition) is 1. The van der Waals surface area contributed by atoms with Crippen LogP contribution in [-0.4, -0.2) is 0 Å². The number of rotatable bonds is 2. The summed E-state index contributed by atoms with van der Waals surface area (Å²) in [5, 5.41) is 0.640. The van der Waals surface area contributed by atoms with Gasteiger partial charge in [0.2, 0.25) is 0 Å². The van der Waals surface area contributed by atoms with Crippen molar-refractivity contribution in [3.8, 4) is 11.1 Å². The molecule has 0 bridgehead atoms. The largest absolute Gasteiger partial charge is 0.324 e. The summed E-state index contributed by atoms with van der Waals surface area (Å²) in [6, 6.07) is 11.9. The molecule has 0 saturated heterocycles. The molecule has 0 spiro atoms. The van der Waals surface area contributed by atoms with E-state index in [-0.39, 0.29) is 11.9 Å². The van der Waals surface area contributed by atoms with E-state index >= 15 is 0 Å². The van der Waals surface area contributed by atoms with Gasteiger partial charge in [0, 0.05) is 16.6 Å². The average Bonchev–Trinajstić information content (AvgIpc) is 2.31. The molecule has 0 radical (unpaired) electrons. The molecule has 0 aliphatic carbocycles. The number of benzene rings is 2. The zero-order valence-electron chi connectivity index (χ0n) is 9.45. The van der Waals surface area contributed by atoms with E-state index < -0.39 is 0 Å². The summed E-state index contributed by atoms with van der Waals surface area (Å²) in [4.78, 5) is 0. The minimum absolute atomic E-state index is 0.0496. The second-order valence-corrected chi connectivity index (χ2v) is 4.44. The molecule has 0 aliphatic heterocycles. The van der Waals surface area contributed by atoms with Gasteiger partial charge in [-0.15, -0.1) is 0 Å². The first-order valence-electron chi connectivity index (χ1n) is 5.39. The molecule has 0 aromatic heterocycles. The Kier molecular flexibility index (Phi) is 3.46. The summed E-state index contributed by atoms with van der Waals surface area (Å²) in [5.74, 6) is -0.256. The standard InChI is InChI=1S/C14H13ClFN/c1-9(17)11-4-7-14(15)13(8-11)10-2-5-12(16)6-3-10/h2-9H,17H2,1H3. The Morgan fingerprint density at radius 2 is 1.76 bits per heavy atom. The van der Waals surface area contributed by atoms with Crippen LogP contribution in [0.15, 0.2) is 42.5 Å². The molecule has 3 heteroatoms. The van der Waals surface area contributed by atoms with Crippen molar-refractivity contribution >= 4 is 11.6 Å². The lowest BCUT2D eigenvalue weighted by atomic mass is 10.0. The second kappa shape index (κ2) is 4.86. The van der Waals surface area contributed by atoms with Crippen molar-refractivity contribution < 1.29 is 4.39 Å². The lowest BCUT2D eigenvalue weighted by Crippen LogP contribution is -2.04. The Morgan fingerprint density at radius 1 is 1.12 bits per heavy atom. The lowest BCUT2D eigenvalue weighted by molar-refractivity contribution is 0.628. The predicted octanol–water partition coefficient (Wildman–Crippen LogP) is 4.17. The van der Waals surface area contributed by atoms with Crippen LogP contribution in [0.2, 0.25) is 5.02 Å². The number of hydrogen-bond donors (Lipinski definition) is 1. The van der Waals surface area contributed by atoms with Crippen LogP contribution in [0.25, 0.3) is 11.1 Å². The van der Waals surface area contributed by atoms with Gasteiger partial charge in [0.1, 0.15) is 5.82 Å². The molecule has 0 amide bonds. The molecule has 2 aromatic carbocycles. The third-order valence-electron chi connectivity index (χ3n) is 2.67. The molecule has 88 valence electrons. The fraction of sp³-hybridized carbons (Fsp3) is 0.143. The van der Waals surface area contributed by atoms with Crippen LogP contribution in [0.5, 0.6) is 0 Å². The molecule has 1 atom stereocenters. The summed E-state index contributed by atoms with van der Waals surface area (Å²) in [7, 11) is 0. The fourth-order valence-electron chi connectivity index (χ4n) is 1.68. The molecule has 0 fully saturated rings. The Labute approximate surface area is 105 Å². The molecule has 1 unspecified atom stereocenters. The molecule has 1 nitrogen and oxygen atoms in total. The Balaban J connectivity index is 2.50. The third kappa shape index (κ3) is 2.65. The SMILES string of the molecule is CC(N)c1ccc(Cl)c(-c2ccc(F)cc2)c1. The van der Waals surface area contributed by atoms with Crippen molar-refractivity contribution in [2.75, 3.05) is 0 Å². The van der Waals surface area contributed by atoms with Crippen LogP contribution in [0.4, 0.5) is 4.39 Å². The van der Waals surface area contributed by atoms with E-state index in [1.165, 1.54) is 12.1 Å². The first-order valence-corrected chi connectivity index (χ1v) is 5.76. The van der Waals surface area contributed by atoms with Crippen LogP contribution in [-0.2, 0) is 0 Å². The molecule has 0 aliphatic rings. The third-order valence-corrected chi connectivity index (χ3v) is 3.00. The van der Waals surface area contributed by atoms with Crippen LogP contribution < -0.4 is 5.73 Å². The molecule has 2 aromatic rings. The maximum absolute atomic E-state index is 12.9. The minimum atomic E-state index is -0.256. The average molecular weight is 250 g/mol. The molecular formula is C14H13ClFN. The molecule has 0 heterocycles. The van der Waals surface area contributed by atoms with E-state index in [1.54, 1.807) is 12.1 Å². The summed E-state index contributed by atoms with van der Waals surface area (Å²) >= 11 is 6.14. The van der Waals surface area contributed by atoms with E-state index in [1.807, 2.05) is 25.1 Å². The Morgan fingerprint density at radius 3 is 2.35 bits per heavy atom. The maximum Gasteiger partial charge on any atom is 0.123 e. The maximum atomic E-state index is 12.9. The highest BCUT2D eigenvalue weighted by atomic mass is 35.5. The van der Waals surface area contributed by atoms with Crippen molar-refractivity contribution in [1.82, 2.24) is 0 Å². The molecule has 17 heavy (non-hydrogen) atoms. The van der Waals surface area contributed by atoms with E-state index in [2.05, 4.69) is 0 Å². The van der Waals surface area contributed by atoms with Gasteiger partial charge in [0.25, 0.3) is 0 Å². The Bertz CT molecular complexity index is 520. The summed E-state index contributed by atoms with van der Waals surface area (Å²) in [6.07, 6.45) is 0. The van der Waals surface area contributed by atoms with Gasteiger partial charge in [-0.05, 0) is 42.3 Å². The molecule has 0 saturated carbocycles. The zero-order chi connectivity index (χ0) is 12.4. The van der Waals surface area contributed by atoms with Crippen molar-refractivity contribution in [2.45, 2.75) is 13.0 Å². The van der Waals surface area contributed by atoms with Crippen LogP contribution >= 0.6 is 11.6 Å². The number of halogens is 2. The monoisotopic (exact) mass is 249 g/mol. The fourth-order valence-corrected chi connectivity index (χ4v) is 1.90. The normalized spacial score (nSPS) is 12.5. The van der Waals surface area contributed by atoms with Gasteiger partial charge < -0.3 is 5.73 Å². The van der Waals surface area contributed by atoms with Crippen LogP contribution in [0, 0.1) is 5.82 Å². The Hall–Kier alpha value is -1.38. The topological polar surface area (TPSA) is 26.0 Å². The van der Waals surface area contributed by atoms with E-state index in [4.69, 9.17) is 17.3 Å². The van der Waals surface area contributed by atoms with E-state index in [0.717, 1.165) is 16.7 Å². The van der Waals surface area contributed by atoms with Crippen molar-refractivity contribution in [1.29, 1.82) is 0 Å². The van der Waals surface area contributed by atoms with Crippen LogP contribution in [0.1, 0.15) is 18.5 Å². The summed E-state index contributed by atoms with van der Waals surface area (Å²) in [5.41, 5.74) is 8.60. The van der Waals surface area contributed by atoms with Gasteiger partial charge in [0.05, 0.1) is 0 Å².